The average molecular weight is 487 g/mol. The lowest BCUT2D eigenvalue weighted by molar-refractivity contribution is 0.179. The van der Waals surface area contributed by atoms with Crippen molar-refractivity contribution in [3.8, 4) is 0 Å². The minimum atomic E-state index is 0.750. The molecule has 3 aliphatic carbocycles. The van der Waals surface area contributed by atoms with Gasteiger partial charge in [-0.3, -0.25) is 0 Å². The normalized spacial score (nSPS) is 40.0. The molecule has 1 saturated heterocycles. The third kappa shape index (κ3) is 6.68. The second-order valence-electron chi connectivity index (χ2n) is 13.6. The van der Waals surface area contributed by atoms with Gasteiger partial charge in [0.25, 0.3) is 0 Å². The lowest BCUT2D eigenvalue weighted by atomic mass is 9.72. The minimum Gasteiger partial charge on any atom is -0.311 e. The molecule has 10 unspecified atom stereocenters. The van der Waals surface area contributed by atoms with Crippen LogP contribution in [0.15, 0.2) is 0 Å². The van der Waals surface area contributed by atoms with Crippen LogP contribution in [0.25, 0.3) is 0 Å². The summed E-state index contributed by atoms with van der Waals surface area (Å²) in [4.78, 5) is 0. The summed E-state index contributed by atoms with van der Waals surface area (Å²) in [7, 11) is 0. The van der Waals surface area contributed by atoms with Gasteiger partial charge >= 0.3 is 0 Å². The van der Waals surface area contributed by atoms with Gasteiger partial charge in [-0.15, -0.1) is 0 Å². The first kappa shape index (κ1) is 27.9. The van der Waals surface area contributed by atoms with Crippen molar-refractivity contribution in [1.29, 1.82) is 0 Å². The quantitative estimate of drug-likeness (QED) is 0.269. The SMILES string of the molecule is CCCCC1CCC2NC(C3CCC(C(CC)CC(CC)NC4CCCC4)CCC3C)C(CC)C12. The van der Waals surface area contributed by atoms with Gasteiger partial charge in [0.2, 0.25) is 0 Å². The van der Waals surface area contributed by atoms with Crippen molar-refractivity contribution in [1.82, 2.24) is 10.6 Å². The zero-order valence-corrected chi connectivity index (χ0v) is 24.4. The molecule has 0 aromatic heterocycles. The summed E-state index contributed by atoms with van der Waals surface area (Å²) < 4.78 is 0. The molecule has 4 rings (SSSR count). The molecule has 0 spiro atoms. The Kier molecular flexibility index (Phi) is 10.9. The van der Waals surface area contributed by atoms with Gasteiger partial charge in [0, 0.05) is 24.2 Å². The van der Waals surface area contributed by atoms with Gasteiger partial charge in [0.1, 0.15) is 0 Å². The molecule has 0 aromatic carbocycles. The number of hydrogen-bond donors (Lipinski definition) is 2. The monoisotopic (exact) mass is 486 g/mol. The van der Waals surface area contributed by atoms with Crippen molar-refractivity contribution >= 4 is 0 Å². The van der Waals surface area contributed by atoms with E-state index in [0.717, 1.165) is 65.6 Å². The highest BCUT2D eigenvalue weighted by molar-refractivity contribution is 5.06. The Labute approximate surface area is 219 Å². The van der Waals surface area contributed by atoms with E-state index in [1.165, 1.54) is 109 Å². The summed E-state index contributed by atoms with van der Waals surface area (Å²) in [5.74, 6) is 6.64. The Bertz CT molecular complexity index is 598. The molecule has 0 aromatic rings. The van der Waals surface area contributed by atoms with Crippen molar-refractivity contribution in [3.05, 3.63) is 0 Å². The largest absolute Gasteiger partial charge is 0.311 e. The lowest BCUT2D eigenvalue weighted by Crippen LogP contribution is -2.40. The van der Waals surface area contributed by atoms with Gasteiger partial charge < -0.3 is 10.6 Å². The molecule has 35 heavy (non-hydrogen) atoms. The van der Waals surface area contributed by atoms with Crippen LogP contribution in [-0.4, -0.2) is 24.2 Å². The zero-order valence-electron chi connectivity index (χ0n) is 24.4. The molecule has 2 N–H and O–H groups in total. The van der Waals surface area contributed by atoms with Crippen LogP contribution in [0.4, 0.5) is 0 Å². The first-order valence-corrected chi connectivity index (χ1v) is 16.6. The van der Waals surface area contributed by atoms with Crippen LogP contribution in [0, 0.1) is 41.4 Å². The highest BCUT2D eigenvalue weighted by atomic mass is 15.0. The van der Waals surface area contributed by atoms with Crippen LogP contribution < -0.4 is 10.6 Å². The van der Waals surface area contributed by atoms with Crippen molar-refractivity contribution in [3.63, 3.8) is 0 Å². The summed E-state index contributed by atoms with van der Waals surface area (Å²) in [5.41, 5.74) is 0. The third-order valence-electron chi connectivity index (χ3n) is 11.8. The Morgan fingerprint density at radius 1 is 0.857 bits per heavy atom. The fraction of sp³-hybridized carbons (Fsp3) is 1.00. The van der Waals surface area contributed by atoms with E-state index >= 15 is 0 Å². The maximum absolute atomic E-state index is 4.32. The highest BCUT2D eigenvalue weighted by Gasteiger charge is 2.51. The molecule has 0 radical (unpaired) electrons. The van der Waals surface area contributed by atoms with Gasteiger partial charge in [0.05, 0.1) is 0 Å². The molecular weight excluding hydrogens is 424 g/mol. The van der Waals surface area contributed by atoms with Gasteiger partial charge in [-0.25, -0.2) is 0 Å². The van der Waals surface area contributed by atoms with Crippen molar-refractivity contribution < 1.29 is 0 Å². The second kappa shape index (κ2) is 13.6. The van der Waals surface area contributed by atoms with Crippen molar-refractivity contribution in [2.24, 2.45) is 41.4 Å². The average Bonchev–Trinajstić information content (AvgIpc) is 3.57. The second-order valence-corrected chi connectivity index (χ2v) is 13.6. The lowest BCUT2D eigenvalue weighted by Gasteiger charge is -2.35. The van der Waals surface area contributed by atoms with E-state index in [-0.39, 0.29) is 0 Å². The van der Waals surface area contributed by atoms with E-state index in [9.17, 15) is 0 Å². The van der Waals surface area contributed by atoms with Crippen molar-refractivity contribution in [2.45, 2.75) is 168 Å². The highest BCUT2D eigenvalue weighted by Crippen LogP contribution is 2.51. The summed E-state index contributed by atoms with van der Waals surface area (Å²) in [6.45, 7) is 12.4. The number of rotatable bonds is 12. The molecule has 0 amide bonds. The molecule has 2 nitrogen and oxygen atoms in total. The molecule has 2 heteroatoms. The van der Waals surface area contributed by atoms with E-state index in [1.807, 2.05) is 0 Å². The third-order valence-corrected chi connectivity index (χ3v) is 11.8. The predicted octanol–water partition coefficient (Wildman–Crippen LogP) is 8.74. The van der Waals surface area contributed by atoms with E-state index < -0.39 is 0 Å². The molecule has 204 valence electrons. The number of unbranched alkanes of at least 4 members (excludes halogenated alkanes) is 1. The molecule has 1 aliphatic heterocycles. The summed E-state index contributed by atoms with van der Waals surface area (Å²) in [6, 6.07) is 3.21. The van der Waals surface area contributed by atoms with E-state index in [2.05, 4.69) is 45.3 Å². The Hall–Kier alpha value is -0.0800. The topological polar surface area (TPSA) is 24.1 Å². The number of nitrogens with one attached hydrogen (secondary N) is 2. The molecule has 4 aliphatic rings. The van der Waals surface area contributed by atoms with Gasteiger partial charge in [-0.1, -0.05) is 86.0 Å². The maximum atomic E-state index is 4.32. The fourth-order valence-electron chi connectivity index (χ4n) is 9.70. The number of fused-ring (bicyclic) bond motifs is 1. The molecule has 3 saturated carbocycles. The first-order chi connectivity index (χ1) is 17.1. The van der Waals surface area contributed by atoms with Gasteiger partial charge in [-0.2, -0.15) is 0 Å². The van der Waals surface area contributed by atoms with Crippen LogP contribution in [0.3, 0.4) is 0 Å². The maximum Gasteiger partial charge on any atom is 0.0132 e. The van der Waals surface area contributed by atoms with Crippen LogP contribution in [0.1, 0.15) is 144 Å². The first-order valence-electron chi connectivity index (χ1n) is 16.6. The predicted molar refractivity (Wildman–Crippen MR) is 153 cm³/mol. The zero-order chi connectivity index (χ0) is 24.8. The summed E-state index contributed by atoms with van der Waals surface area (Å²) in [5, 5.41) is 8.41. The van der Waals surface area contributed by atoms with E-state index in [0.29, 0.717) is 0 Å². The molecule has 0 bridgehead atoms. The smallest absolute Gasteiger partial charge is 0.0132 e. The van der Waals surface area contributed by atoms with Crippen LogP contribution >= 0.6 is 0 Å². The van der Waals surface area contributed by atoms with Crippen LogP contribution in [-0.2, 0) is 0 Å². The summed E-state index contributed by atoms with van der Waals surface area (Å²) >= 11 is 0. The van der Waals surface area contributed by atoms with Crippen LogP contribution in [0.2, 0.25) is 0 Å². The van der Waals surface area contributed by atoms with Crippen LogP contribution in [0.5, 0.6) is 0 Å². The standard InChI is InChI=1S/C33H62N2/c1-6-10-13-26-19-21-31-32(26)29(9-4)33(35-31)30-20-18-25(17-16-23(30)5)24(7-2)22-27(8-3)34-28-14-11-12-15-28/h23-35H,6-22H2,1-5H3. The molecule has 10 atom stereocenters. The Balaban J connectivity index is 1.36. The number of hydrogen-bond acceptors (Lipinski definition) is 2. The molecular formula is C33H62N2. The fourth-order valence-corrected chi connectivity index (χ4v) is 9.70. The Morgan fingerprint density at radius 2 is 1.63 bits per heavy atom. The van der Waals surface area contributed by atoms with Gasteiger partial charge in [0.15, 0.2) is 0 Å². The van der Waals surface area contributed by atoms with Crippen molar-refractivity contribution in [2.75, 3.05) is 0 Å². The molecule has 1 heterocycles. The van der Waals surface area contributed by atoms with Gasteiger partial charge in [-0.05, 0) is 99.2 Å². The van der Waals surface area contributed by atoms with E-state index in [1.54, 1.807) is 0 Å². The molecule has 4 fully saturated rings. The summed E-state index contributed by atoms with van der Waals surface area (Å²) in [6.07, 6.45) is 24.5. The Morgan fingerprint density at radius 3 is 2.31 bits per heavy atom. The minimum absolute atomic E-state index is 0.750. The van der Waals surface area contributed by atoms with E-state index in [4.69, 9.17) is 0 Å².